The maximum absolute atomic E-state index is 13.1. The molecule has 5 heteroatoms. The number of hydrogen-bond acceptors (Lipinski definition) is 3. The van der Waals surface area contributed by atoms with Crippen LogP contribution in [-0.2, 0) is 22.6 Å². The summed E-state index contributed by atoms with van der Waals surface area (Å²) in [6, 6.07) is 17.7. The highest BCUT2D eigenvalue weighted by Gasteiger charge is 2.26. The molecule has 0 radical (unpaired) electrons. The van der Waals surface area contributed by atoms with Gasteiger partial charge in [-0.3, -0.25) is 14.5 Å². The van der Waals surface area contributed by atoms with E-state index in [2.05, 4.69) is 46.7 Å². The van der Waals surface area contributed by atoms with E-state index in [-0.39, 0.29) is 23.8 Å². The van der Waals surface area contributed by atoms with Crippen LogP contribution in [0.15, 0.2) is 54.6 Å². The molecule has 166 valence electrons. The number of rotatable bonds is 9. The van der Waals surface area contributed by atoms with E-state index in [1.54, 1.807) is 0 Å². The van der Waals surface area contributed by atoms with E-state index < -0.39 is 6.04 Å². The van der Waals surface area contributed by atoms with Crippen LogP contribution in [0.3, 0.4) is 0 Å². The van der Waals surface area contributed by atoms with Crippen molar-refractivity contribution in [2.24, 2.45) is 5.92 Å². The molecule has 2 unspecified atom stereocenters. The van der Waals surface area contributed by atoms with Crippen LogP contribution in [-0.4, -0.2) is 35.8 Å². The van der Waals surface area contributed by atoms with Gasteiger partial charge in [-0.1, -0.05) is 75.4 Å². The van der Waals surface area contributed by atoms with Gasteiger partial charge in [-0.15, -0.1) is 0 Å². The molecule has 0 fully saturated rings. The molecule has 2 N–H and O–H groups in total. The highest BCUT2D eigenvalue weighted by molar-refractivity contribution is 5.88. The van der Waals surface area contributed by atoms with Crippen LogP contribution in [0.5, 0.6) is 0 Å². The third kappa shape index (κ3) is 6.41. The quantitative estimate of drug-likeness (QED) is 0.647. The number of nitrogens with one attached hydrogen (secondary N) is 2. The van der Waals surface area contributed by atoms with Gasteiger partial charge in [0.25, 0.3) is 0 Å². The first-order valence-electron chi connectivity index (χ1n) is 11.4. The molecule has 0 saturated heterocycles. The molecule has 0 aliphatic carbocycles. The second kappa shape index (κ2) is 11.1. The number of carbonyl (C=O) groups excluding carboxylic acids is 2. The summed E-state index contributed by atoms with van der Waals surface area (Å²) in [6.07, 6.45) is 2.40. The first-order chi connectivity index (χ1) is 15.0. The topological polar surface area (TPSA) is 61.4 Å². The molecule has 1 heterocycles. The summed E-state index contributed by atoms with van der Waals surface area (Å²) in [6.45, 7) is 8.65. The van der Waals surface area contributed by atoms with Crippen molar-refractivity contribution in [2.45, 2.75) is 58.7 Å². The normalized spacial score (nSPS) is 15.7. The molecule has 2 aromatic rings. The van der Waals surface area contributed by atoms with E-state index in [1.807, 2.05) is 44.2 Å². The highest BCUT2D eigenvalue weighted by atomic mass is 16.2. The zero-order valence-electron chi connectivity index (χ0n) is 18.9. The monoisotopic (exact) mass is 421 g/mol. The van der Waals surface area contributed by atoms with Crippen molar-refractivity contribution in [3.8, 4) is 0 Å². The van der Waals surface area contributed by atoms with Gasteiger partial charge in [-0.05, 0) is 35.4 Å². The molecular formula is C26H35N3O2. The third-order valence-corrected chi connectivity index (χ3v) is 5.95. The fourth-order valence-corrected chi connectivity index (χ4v) is 4.22. The van der Waals surface area contributed by atoms with E-state index >= 15 is 0 Å². The number of amides is 2. The number of carbonyl (C=O) groups is 2. The number of fused-ring (bicyclic) bond motifs is 1. The van der Waals surface area contributed by atoms with E-state index in [0.29, 0.717) is 13.0 Å². The summed E-state index contributed by atoms with van der Waals surface area (Å²) >= 11 is 0. The minimum Gasteiger partial charge on any atom is -0.352 e. The van der Waals surface area contributed by atoms with E-state index in [9.17, 15) is 9.59 Å². The summed E-state index contributed by atoms with van der Waals surface area (Å²) in [7, 11) is 0. The van der Waals surface area contributed by atoms with Gasteiger partial charge in [-0.25, -0.2) is 0 Å². The first-order valence-corrected chi connectivity index (χ1v) is 11.4. The maximum Gasteiger partial charge on any atom is 0.247 e. The average Bonchev–Trinajstić information content (AvgIpc) is 2.77. The Balaban J connectivity index is 1.64. The van der Waals surface area contributed by atoms with Crippen molar-refractivity contribution in [1.82, 2.24) is 15.5 Å². The van der Waals surface area contributed by atoms with Gasteiger partial charge >= 0.3 is 0 Å². The van der Waals surface area contributed by atoms with Crippen molar-refractivity contribution in [3.05, 3.63) is 71.3 Å². The standard InChI is InChI=1S/C26H35N3O2/c1-4-23(29-15-14-20-10-8-9-13-22(20)18-29)17-27-26(31)25(21-11-6-5-7-12-21)28-24(30)16-19(2)3/h5-13,19,23,25H,4,14-18H2,1-3H3,(H,27,31)(H,28,30). The molecule has 1 aliphatic rings. The number of hydrogen-bond donors (Lipinski definition) is 2. The van der Waals surface area contributed by atoms with Crippen molar-refractivity contribution in [2.75, 3.05) is 13.1 Å². The zero-order chi connectivity index (χ0) is 22.2. The van der Waals surface area contributed by atoms with Crippen LogP contribution in [0.2, 0.25) is 0 Å². The van der Waals surface area contributed by atoms with Crippen LogP contribution in [0.4, 0.5) is 0 Å². The molecule has 0 saturated carbocycles. The molecule has 0 bridgehead atoms. The Morgan fingerprint density at radius 1 is 1.00 bits per heavy atom. The molecule has 2 aromatic carbocycles. The van der Waals surface area contributed by atoms with Crippen LogP contribution in [0, 0.1) is 5.92 Å². The van der Waals surface area contributed by atoms with Gasteiger partial charge in [0.15, 0.2) is 0 Å². The van der Waals surface area contributed by atoms with Gasteiger partial charge < -0.3 is 10.6 Å². The van der Waals surface area contributed by atoms with Crippen molar-refractivity contribution in [3.63, 3.8) is 0 Å². The van der Waals surface area contributed by atoms with Crippen LogP contribution in [0.1, 0.15) is 56.3 Å². The Morgan fingerprint density at radius 2 is 1.68 bits per heavy atom. The van der Waals surface area contributed by atoms with E-state index in [0.717, 1.165) is 31.5 Å². The fourth-order valence-electron chi connectivity index (χ4n) is 4.22. The Bertz CT molecular complexity index is 866. The molecule has 0 spiro atoms. The Hall–Kier alpha value is -2.66. The second-order valence-corrected chi connectivity index (χ2v) is 8.81. The van der Waals surface area contributed by atoms with Crippen molar-refractivity contribution < 1.29 is 9.59 Å². The minimum atomic E-state index is -0.674. The van der Waals surface area contributed by atoms with Gasteiger partial charge in [-0.2, -0.15) is 0 Å². The number of benzene rings is 2. The van der Waals surface area contributed by atoms with Gasteiger partial charge in [0, 0.05) is 32.1 Å². The molecule has 2 atom stereocenters. The largest absolute Gasteiger partial charge is 0.352 e. The lowest BCUT2D eigenvalue weighted by molar-refractivity contribution is -0.129. The Labute approximate surface area is 186 Å². The predicted octanol–water partition coefficient (Wildman–Crippen LogP) is 3.84. The predicted molar refractivity (Wildman–Crippen MR) is 124 cm³/mol. The summed E-state index contributed by atoms with van der Waals surface area (Å²) < 4.78 is 0. The minimum absolute atomic E-state index is 0.0984. The van der Waals surface area contributed by atoms with Crippen LogP contribution >= 0.6 is 0 Å². The SMILES string of the molecule is CCC(CNC(=O)C(NC(=O)CC(C)C)c1ccccc1)N1CCc2ccccc2C1. The fraction of sp³-hybridized carbons (Fsp3) is 0.462. The molecule has 0 aromatic heterocycles. The molecule has 31 heavy (non-hydrogen) atoms. The molecule has 3 rings (SSSR count). The van der Waals surface area contributed by atoms with Gasteiger partial charge in [0.2, 0.25) is 11.8 Å². The van der Waals surface area contributed by atoms with Crippen LogP contribution in [0.25, 0.3) is 0 Å². The molecule has 1 aliphatic heterocycles. The third-order valence-electron chi connectivity index (χ3n) is 5.95. The zero-order valence-corrected chi connectivity index (χ0v) is 18.9. The lowest BCUT2D eigenvalue weighted by Gasteiger charge is -2.35. The first kappa shape index (κ1) is 23.0. The Morgan fingerprint density at radius 3 is 2.35 bits per heavy atom. The summed E-state index contributed by atoms with van der Waals surface area (Å²) in [5, 5.41) is 6.05. The maximum atomic E-state index is 13.1. The van der Waals surface area contributed by atoms with Gasteiger partial charge in [0.05, 0.1) is 0 Å². The van der Waals surface area contributed by atoms with Crippen LogP contribution < -0.4 is 10.6 Å². The lowest BCUT2D eigenvalue weighted by Crippen LogP contribution is -2.48. The van der Waals surface area contributed by atoms with E-state index in [4.69, 9.17) is 0 Å². The highest BCUT2D eigenvalue weighted by Crippen LogP contribution is 2.21. The summed E-state index contributed by atoms with van der Waals surface area (Å²) in [4.78, 5) is 28.0. The smallest absolute Gasteiger partial charge is 0.247 e. The summed E-state index contributed by atoms with van der Waals surface area (Å²) in [5.74, 6) is -0.0104. The Kier molecular flexibility index (Phi) is 8.24. The molecular weight excluding hydrogens is 386 g/mol. The van der Waals surface area contributed by atoms with Gasteiger partial charge in [0.1, 0.15) is 6.04 Å². The summed E-state index contributed by atoms with van der Waals surface area (Å²) in [5.41, 5.74) is 3.60. The van der Waals surface area contributed by atoms with Crippen molar-refractivity contribution >= 4 is 11.8 Å². The van der Waals surface area contributed by atoms with Crippen molar-refractivity contribution in [1.29, 1.82) is 0 Å². The second-order valence-electron chi connectivity index (χ2n) is 8.81. The molecule has 5 nitrogen and oxygen atoms in total. The number of nitrogens with zero attached hydrogens (tertiary/aromatic N) is 1. The molecule has 2 amide bonds. The lowest BCUT2D eigenvalue weighted by atomic mass is 9.98. The average molecular weight is 422 g/mol. The van der Waals surface area contributed by atoms with E-state index in [1.165, 1.54) is 11.1 Å².